The van der Waals surface area contributed by atoms with Crippen molar-refractivity contribution >= 4 is 11.9 Å². The quantitative estimate of drug-likeness (QED) is 0.445. The van der Waals surface area contributed by atoms with Gasteiger partial charge in [-0.3, -0.25) is 14.6 Å². The van der Waals surface area contributed by atoms with Gasteiger partial charge in [0.2, 0.25) is 0 Å². The second-order valence-corrected chi connectivity index (χ2v) is 10.6. The number of methoxy groups -OCH3 is 1. The van der Waals surface area contributed by atoms with E-state index in [1.165, 1.54) is 7.11 Å². The van der Waals surface area contributed by atoms with E-state index in [1.54, 1.807) is 0 Å². The molecule has 1 aromatic heterocycles. The molecule has 0 spiro atoms. The van der Waals surface area contributed by atoms with Gasteiger partial charge >= 0.3 is 11.9 Å². The smallest absolute Gasteiger partial charge is 0.312 e. The van der Waals surface area contributed by atoms with E-state index in [4.69, 9.17) is 9.47 Å². The molecule has 0 saturated carbocycles. The Morgan fingerprint density at radius 3 is 1.97 bits per heavy atom. The maximum Gasteiger partial charge on any atom is 0.312 e. The van der Waals surface area contributed by atoms with Gasteiger partial charge in [-0.1, -0.05) is 19.9 Å². The summed E-state index contributed by atoms with van der Waals surface area (Å²) in [5.74, 6) is -0.476. The molecular formula is C25H41NO4. The summed E-state index contributed by atoms with van der Waals surface area (Å²) in [7, 11) is 1.43. The molecule has 2 atom stereocenters. The summed E-state index contributed by atoms with van der Waals surface area (Å²) >= 11 is 0. The zero-order valence-corrected chi connectivity index (χ0v) is 20.4. The highest BCUT2D eigenvalue weighted by molar-refractivity contribution is 5.78. The lowest BCUT2D eigenvalue weighted by Gasteiger charge is -2.35. The summed E-state index contributed by atoms with van der Waals surface area (Å²) in [4.78, 5) is 29.9. The van der Waals surface area contributed by atoms with Crippen LogP contribution in [0.2, 0.25) is 0 Å². The van der Waals surface area contributed by atoms with E-state index in [1.807, 2.05) is 65.9 Å². The topological polar surface area (TPSA) is 65.5 Å². The Labute approximate surface area is 183 Å². The molecule has 0 aromatic carbocycles. The Kier molecular flexibility index (Phi) is 8.65. The number of carbonyl (C=O) groups excluding carboxylic acids is 2. The van der Waals surface area contributed by atoms with Crippen LogP contribution in [0.25, 0.3) is 0 Å². The second kappa shape index (κ2) is 9.93. The first-order valence-electron chi connectivity index (χ1n) is 10.9. The first kappa shape index (κ1) is 26.1. The van der Waals surface area contributed by atoms with Crippen molar-refractivity contribution in [2.45, 2.75) is 98.5 Å². The molecule has 2 unspecified atom stereocenters. The third kappa shape index (κ3) is 7.10. The molecule has 170 valence electrons. The van der Waals surface area contributed by atoms with Crippen molar-refractivity contribution < 1.29 is 19.1 Å². The minimum absolute atomic E-state index is 0.128. The molecular weight excluding hydrogens is 378 g/mol. The molecule has 0 N–H and O–H groups in total. The highest BCUT2D eigenvalue weighted by atomic mass is 16.6. The van der Waals surface area contributed by atoms with E-state index in [0.29, 0.717) is 19.3 Å². The third-order valence-corrected chi connectivity index (χ3v) is 6.22. The predicted molar refractivity (Wildman–Crippen MR) is 120 cm³/mol. The number of hydrogen-bond donors (Lipinski definition) is 0. The van der Waals surface area contributed by atoms with Gasteiger partial charge in [-0.15, -0.1) is 0 Å². The zero-order chi connectivity index (χ0) is 23.2. The van der Waals surface area contributed by atoms with E-state index in [2.05, 4.69) is 18.8 Å². The SMILES string of the molecule is CCC(C)(CCC(C)(CCC(C)(C)C(=O)OC(C)(C)C)C(=O)OC)c1ccccn1. The van der Waals surface area contributed by atoms with Crippen LogP contribution in [-0.2, 0) is 24.5 Å². The lowest BCUT2D eigenvalue weighted by atomic mass is 9.70. The molecule has 0 fully saturated rings. The van der Waals surface area contributed by atoms with Crippen molar-refractivity contribution in [1.82, 2.24) is 4.98 Å². The van der Waals surface area contributed by atoms with Crippen molar-refractivity contribution in [3.63, 3.8) is 0 Å². The van der Waals surface area contributed by atoms with Crippen LogP contribution in [0.15, 0.2) is 24.4 Å². The van der Waals surface area contributed by atoms with Crippen molar-refractivity contribution in [2.75, 3.05) is 7.11 Å². The van der Waals surface area contributed by atoms with Gasteiger partial charge in [0.15, 0.2) is 0 Å². The third-order valence-electron chi connectivity index (χ3n) is 6.22. The molecule has 0 saturated heterocycles. The highest BCUT2D eigenvalue weighted by Crippen LogP contribution is 2.41. The molecule has 5 heteroatoms. The second-order valence-electron chi connectivity index (χ2n) is 10.6. The normalized spacial score (nSPS) is 16.3. The fourth-order valence-corrected chi connectivity index (χ4v) is 3.44. The molecule has 1 aromatic rings. The summed E-state index contributed by atoms with van der Waals surface area (Å²) in [6.07, 6.45) is 5.29. The molecule has 1 rings (SSSR count). The molecule has 0 aliphatic rings. The molecule has 0 aliphatic carbocycles. The number of ether oxygens (including phenoxy) is 2. The van der Waals surface area contributed by atoms with E-state index >= 15 is 0 Å². The Morgan fingerprint density at radius 1 is 0.900 bits per heavy atom. The van der Waals surface area contributed by atoms with Gasteiger partial charge in [0, 0.05) is 17.3 Å². The van der Waals surface area contributed by atoms with E-state index in [0.717, 1.165) is 18.5 Å². The van der Waals surface area contributed by atoms with Crippen molar-refractivity contribution in [2.24, 2.45) is 10.8 Å². The largest absolute Gasteiger partial charge is 0.469 e. The van der Waals surface area contributed by atoms with Crippen molar-refractivity contribution in [1.29, 1.82) is 0 Å². The number of aromatic nitrogens is 1. The average Bonchev–Trinajstić information content (AvgIpc) is 2.69. The lowest BCUT2D eigenvalue weighted by Crippen LogP contribution is -2.37. The van der Waals surface area contributed by atoms with Crippen LogP contribution < -0.4 is 0 Å². The molecule has 0 amide bonds. The molecule has 0 radical (unpaired) electrons. The fraction of sp³-hybridized carbons (Fsp3) is 0.720. The number of esters is 2. The maximum atomic E-state index is 12.7. The summed E-state index contributed by atoms with van der Waals surface area (Å²) in [6.45, 7) is 15.6. The van der Waals surface area contributed by atoms with Gasteiger partial charge in [0.25, 0.3) is 0 Å². The number of hydrogen-bond acceptors (Lipinski definition) is 5. The first-order chi connectivity index (χ1) is 13.7. The Bertz CT molecular complexity index is 708. The zero-order valence-electron chi connectivity index (χ0n) is 20.4. The Balaban J connectivity index is 2.96. The number of rotatable bonds is 10. The molecule has 0 bridgehead atoms. The van der Waals surface area contributed by atoms with Crippen molar-refractivity contribution in [3.05, 3.63) is 30.1 Å². The first-order valence-corrected chi connectivity index (χ1v) is 10.9. The summed E-state index contributed by atoms with van der Waals surface area (Å²) in [5, 5.41) is 0. The average molecular weight is 420 g/mol. The monoisotopic (exact) mass is 419 g/mol. The maximum absolute atomic E-state index is 12.7. The van der Waals surface area contributed by atoms with Crippen molar-refractivity contribution in [3.8, 4) is 0 Å². The van der Waals surface area contributed by atoms with Crippen LogP contribution in [0.4, 0.5) is 0 Å². The lowest BCUT2D eigenvalue weighted by molar-refractivity contribution is -0.167. The number of nitrogens with zero attached hydrogens (tertiary/aromatic N) is 1. The Hall–Kier alpha value is -1.91. The van der Waals surface area contributed by atoms with Crippen LogP contribution in [0, 0.1) is 10.8 Å². The van der Waals surface area contributed by atoms with Gasteiger partial charge in [-0.05, 0) is 85.8 Å². The molecule has 0 aliphatic heterocycles. The number of carbonyl (C=O) groups is 2. The van der Waals surface area contributed by atoms with Crippen LogP contribution >= 0.6 is 0 Å². The number of pyridine rings is 1. The molecule has 5 nitrogen and oxygen atoms in total. The van der Waals surface area contributed by atoms with Gasteiger partial charge < -0.3 is 9.47 Å². The van der Waals surface area contributed by atoms with Crippen LogP contribution in [0.1, 0.15) is 93.2 Å². The molecule has 30 heavy (non-hydrogen) atoms. The van der Waals surface area contributed by atoms with Gasteiger partial charge in [-0.2, -0.15) is 0 Å². The predicted octanol–water partition coefficient (Wildman–Crippen LogP) is 5.86. The standard InChI is InChI=1S/C25H41NO4/c1-10-24(7,19-13-11-12-18-26-19)16-17-25(8,21(28)29-9)15-14-23(5,6)20(27)30-22(2,3)4/h11-13,18H,10,14-17H2,1-9H3. The summed E-state index contributed by atoms with van der Waals surface area (Å²) in [6, 6.07) is 5.96. The fourth-order valence-electron chi connectivity index (χ4n) is 3.44. The van der Waals surface area contributed by atoms with Crippen LogP contribution in [0.3, 0.4) is 0 Å². The highest BCUT2D eigenvalue weighted by Gasteiger charge is 2.41. The minimum atomic E-state index is -0.683. The summed E-state index contributed by atoms with van der Waals surface area (Å²) in [5.41, 5.74) is -0.992. The van der Waals surface area contributed by atoms with E-state index < -0.39 is 16.4 Å². The van der Waals surface area contributed by atoms with E-state index in [-0.39, 0.29) is 17.4 Å². The van der Waals surface area contributed by atoms with Gasteiger partial charge in [0.1, 0.15) is 5.60 Å². The minimum Gasteiger partial charge on any atom is -0.469 e. The van der Waals surface area contributed by atoms with Crippen LogP contribution in [-0.4, -0.2) is 29.6 Å². The summed E-state index contributed by atoms with van der Waals surface area (Å²) < 4.78 is 10.7. The van der Waals surface area contributed by atoms with Gasteiger partial charge in [-0.25, -0.2) is 0 Å². The van der Waals surface area contributed by atoms with Crippen LogP contribution in [0.5, 0.6) is 0 Å². The van der Waals surface area contributed by atoms with Gasteiger partial charge in [0.05, 0.1) is 17.9 Å². The Morgan fingerprint density at radius 2 is 1.50 bits per heavy atom. The molecule has 1 heterocycles. The van der Waals surface area contributed by atoms with E-state index in [9.17, 15) is 9.59 Å².